The summed E-state index contributed by atoms with van der Waals surface area (Å²) in [5.41, 5.74) is 0. The van der Waals surface area contributed by atoms with Crippen molar-refractivity contribution in [3.05, 3.63) is 0 Å². The van der Waals surface area contributed by atoms with Crippen molar-refractivity contribution in [1.82, 2.24) is 15.0 Å². The predicted molar refractivity (Wildman–Crippen MR) is 65.1 cm³/mol. The van der Waals surface area contributed by atoms with E-state index in [9.17, 15) is 4.79 Å². The summed E-state index contributed by atoms with van der Waals surface area (Å²) < 4.78 is 14.5. The third-order valence-corrected chi connectivity index (χ3v) is 3.74. The molecule has 0 saturated carbocycles. The molecule has 0 saturated heterocycles. The second-order valence-electron chi connectivity index (χ2n) is 2.63. The van der Waals surface area contributed by atoms with Crippen LogP contribution in [0.3, 0.4) is 0 Å². The fourth-order valence-electron chi connectivity index (χ4n) is 0.766. The first-order valence-electron chi connectivity index (χ1n) is 4.36. The van der Waals surface area contributed by atoms with Gasteiger partial charge in [-0.2, -0.15) is 0 Å². The van der Waals surface area contributed by atoms with Crippen LogP contribution in [0, 0.1) is 0 Å². The minimum absolute atomic E-state index is 0.00427. The summed E-state index contributed by atoms with van der Waals surface area (Å²) in [4.78, 5) is 22.2. The molecule has 0 amide bonds. The van der Waals surface area contributed by atoms with Gasteiger partial charge in [-0.25, -0.2) is 0 Å². The van der Waals surface area contributed by atoms with Gasteiger partial charge in [0.1, 0.15) is 4.83 Å². The van der Waals surface area contributed by atoms with Crippen LogP contribution in [-0.2, 0) is 4.79 Å². The molecule has 1 unspecified atom stereocenters. The molecule has 0 spiro atoms. The lowest BCUT2D eigenvalue weighted by molar-refractivity contribution is -0.133. The Bertz CT molecular complexity index is 382. The molecule has 7 nitrogen and oxygen atoms in total. The Morgan fingerprint density at radius 1 is 1.18 bits per heavy atom. The number of aromatic nitrogens is 3. The predicted octanol–water partition coefficient (Wildman–Crippen LogP) is 0.953. The van der Waals surface area contributed by atoms with Crippen molar-refractivity contribution < 1.29 is 19.0 Å². The lowest BCUT2D eigenvalue weighted by atomic mass is 10.5. The summed E-state index contributed by atoms with van der Waals surface area (Å²) in [6, 6.07) is -0.168. The van der Waals surface area contributed by atoms with E-state index in [-0.39, 0.29) is 18.0 Å². The maximum absolute atomic E-state index is 11.5. The molecule has 0 aliphatic rings. The Kier molecular flexibility index (Phi) is 5.56. The normalized spacial score (nSPS) is 11.8. The Labute approximate surface area is 114 Å². The van der Waals surface area contributed by atoms with Gasteiger partial charge in [0.2, 0.25) is 0 Å². The molecular weight excluding hydrogens is 362 g/mol. The number of hydrogen-bond acceptors (Lipinski definition) is 7. The Hall–Kier alpha value is -0.960. The van der Waals surface area contributed by atoms with E-state index in [1.807, 2.05) is 0 Å². The van der Waals surface area contributed by atoms with Crippen molar-refractivity contribution in [3.63, 3.8) is 0 Å². The zero-order valence-electron chi connectivity index (χ0n) is 9.02. The molecule has 1 aromatic rings. The zero-order chi connectivity index (χ0) is 12.8. The SMILES string of the molecule is COc1nc(OC)nc(OC(=O)C(Br)CBr)n1. The fraction of sp³-hybridized carbons (Fsp3) is 0.500. The van der Waals surface area contributed by atoms with Gasteiger partial charge in [0.25, 0.3) is 0 Å². The number of halogens is 2. The van der Waals surface area contributed by atoms with Crippen LogP contribution < -0.4 is 14.2 Å². The topological polar surface area (TPSA) is 83.4 Å². The summed E-state index contributed by atoms with van der Waals surface area (Å²) in [5.74, 6) is -0.530. The quantitative estimate of drug-likeness (QED) is 0.563. The Balaban J connectivity index is 2.86. The van der Waals surface area contributed by atoms with Crippen LogP contribution in [0.25, 0.3) is 0 Å². The number of methoxy groups -OCH3 is 2. The minimum atomic E-state index is -0.530. The number of alkyl halides is 2. The number of ether oxygens (including phenoxy) is 3. The van der Waals surface area contributed by atoms with Gasteiger partial charge >= 0.3 is 24.0 Å². The average Bonchev–Trinajstić information content (AvgIpc) is 2.36. The van der Waals surface area contributed by atoms with Gasteiger partial charge in [-0.1, -0.05) is 31.9 Å². The second-order valence-corrected chi connectivity index (χ2v) is 4.39. The van der Waals surface area contributed by atoms with Crippen LogP contribution in [0.4, 0.5) is 0 Å². The van der Waals surface area contributed by atoms with E-state index >= 15 is 0 Å². The molecule has 9 heteroatoms. The standard InChI is InChI=1S/C8H9Br2N3O4/c1-15-6-11-7(16-2)13-8(12-6)17-5(14)4(10)3-9/h4H,3H2,1-2H3. The molecule has 17 heavy (non-hydrogen) atoms. The highest BCUT2D eigenvalue weighted by Gasteiger charge is 2.18. The van der Waals surface area contributed by atoms with E-state index in [4.69, 9.17) is 14.2 Å². The van der Waals surface area contributed by atoms with Gasteiger partial charge in [0.05, 0.1) is 14.2 Å². The van der Waals surface area contributed by atoms with E-state index in [0.717, 1.165) is 0 Å². The van der Waals surface area contributed by atoms with Gasteiger partial charge in [-0.3, -0.25) is 4.79 Å². The summed E-state index contributed by atoms with van der Waals surface area (Å²) in [6.45, 7) is 0. The van der Waals surface area contributed by atoms with Crippen molar-refractivity contribution in [1.29, 1.82) is 0 Å². The van der Waals surface area contributed by atoms with E-state index in [0.29, 0.717) is 5.33 Å². The molecule has 0 fully saturated rings. The highest BCUT2D eigenvalue weighted by Crippen LogP contribution is 2.15. The van der Waals surface area contributed by atoms with Crippen LogP contribution in [0.5, 0.6) is 18.0 Å². The van der Waals surface area contributed by atoms with Crippen LogP contribution in [0.15, 0.2) is 0 Å². The Morgan fingerprint density at radius 2 is 1.65 bits per heavy atom. The van der Waals surface area contributed by atoms with Crippen LogP contribution in [-0.4, -0.2) is 45.3 Å². The summed E-state index contributed by atoms with van der Waals surface area (Å²) in [7, 11) is 2.76. The minimum Gasteiger partial charge on any atom is -0.467 e. The van der Waals surface area contributed by atoms with Gasteiger partial charge in [-0.05, 0) is 0 Å². The highest BCUT2D eigenvalue weighted by atomic mass is 79.9. The third kappa shape index (κ3) is 4.08. The van der Waals surface area contributed by atoms with Crippen molar-refractivity contribution in [2.24, 2.45) is 0 Å². The van der Waals surface area contributed by atoms with Gasteiger partial charge in [0.15, 0.2) is 0 Å². The molecule has 1 aromatic heterocycles. The molecule has 94 valence electrons. The summed E-state index contributed by atoms with van der Waals surface area (Å²) in [6.07, 6.45) is 0. The largest absolute Gasteiger partial charge is 0.467 e. The van der Waals surface area contributed by atoms with E-state index in [1.165, 1.54) is 14.2 Å². The van der Waals surface area contributed by atoms with Crippen molar-refractivity contribution >= 4 is 37.8 Å². The zero-order valence-corrected chi connectivity index (χ0v) is 12.2. The fourth-order valence-corrected chi connectivity index (χ4v) is 1.12. The first kappa shape index (κ1) is 14.1. The molecule has 0 radical (unpaired) electrons. The van der Waals surface area contributed by atoms with Crippen molar-refractivity contribution in [2.75, 3.05) is 19.5 Å². The lowest BCUT2D eigenvalue weighted by Crippen LogP contribution is -2.22. The number of carbonyl (C=O) groups is 1. The number of carbonyl (C=O) groups excluding carboxylic acids is 1. The summed E-state index contributed by atoms with van der Waals surface area (Å²) >= 11 is 6.25. The number of hydrogen-bond donors (Lipinski definition) is 0. The van der Waals surface area contributed by atoms with Gasteiger partial charge in [0, 0.05) is 5.33 Å². The smallest absolute Gasteiger partial charge is 0.333 e. The number of rotatable bonds is 5. The van der Waals surface area contributed by atoms with Crippen LogP contribution >= 0.6 is 31.9 Å². The number of esters is 1. The molecule has 1 atom stereocenters. The molecule has 0 bridgehead atoms. The lowest BCUT2D eigenvalue weighted by Gasteiger charge is -2.07. The van der Waals surface area contributed by atoms with E-state index < -0.39 is 10.8 Å². The van der Waals surface area contributed by atoms with E-state index in [2.05, 4.69) is 46.8 Å². The van der Waals surface area contributed by atoms with E-state index in [1.54, 1.807) is 0 Å². The first-order valence-corrected chi connectivity index (χ1v) is 6.40. The van der Waals surface area contributed by atoms with Crippen LogP contribution in [0.2, 0.25) is 0 Å². The Morgan fingerprint density at radius 3 is 2.06 bits per heavy atom. The summed E-state index contributed by atoms with van der Waals surface area (Å²) in [5, 5.41) is 0.408. The van der Waals surface area contributed by atoms with Crippen molar-refractivity contribution in [3.8, 4) is 18.0 Å². The molecule has 0 N–H and O–H groups in total. The maximum Gasteiger partial charge on any atom is 0.333 e. The number of nitrogens with zero attached hydrogens (tertiary/aromatic N) is 3. The molecular formula is C8H9Br2N3O4. The first-order chi connectivity index (χ1) is 8.10. The monoisotopic (exact) mass is 369 g/mol. The molecule has 1 rings (SSSR count). The third-order valence-electron chi connectivity index (χ3n) is 1.52. The van der Waals surface area contributed by atoms with Gasteiger partial charge in [-0.15, -0.1) is 15.0 Å². The highest BCUT2D eigenvalue weighted by molar-refractivity contribution is 9.12. The second kappa shape index (κ2) is 6.70. The van der Waals surface area contributed by atoms with Crippen molar-refractivity contribution in [2.45, 2.75) is 4.83 Å². The molecule has 1 heterocycles. The molecule has 0 aliphatic heterocycles. The molecule has 0 aromatic carbocycles. The maximum atomic E-state index is 11.5. The molecule has 0 aliphatic carbocycles. The van der Waals surface area contributed by atoms with Crippen LogP contribution in [0.1, 0.15) is 0 Å². The van der Waals surface area contributed by atoms with Gasteiger partial charge < -0.3 is 14.2 Å². The average molecular weight is 371 g/mol.